The summed E-state index contributed by atoms with van der Waals surface area (Å²) in [6, 6.07) is 5.94. The molecule has 0 aliphatic heterocycles. The van der Waals surface area contributed by atoms with Crippen molar-refractivity contribution in [2.45, 2.75) is 44.4 Å². The molecule has 0 aliphatic rings. The summed E-state index contributed by atoms with van der Waals surface area (Å²) in [5.74, 6) is 1.64. The number of benzene rings is 1. The van der Waals surface area contributed by atoms with Crippen LogP contribution in [0.2, 0.25) is 5.02 Å². The summed E-state index contributed by atoms with van der Waals surface area (Å²) in [6.07, 6.45) is 5.26. The van der Waals surface area contributed by atoms with Gasteiger partial charge in [-0.3, -0.25) is 0 Å². The van der Waals surface area contributed by atoms with Gasteiger partial charge in [0.25, 0.3) is 0 Å². The number of imidazole rings is 1. The molecule has 1 aromatic carbocycles. The molecule has 0 saturated carbocycles. The molecule has 1 aromatic heterocycles. The molecule has 5 heteroatoms. The van der Waals surface area contributed by atoms with E-state index in [1.807, 2.05) is 23.9 Å². The molecule has 0 spiro atoms. The number of halogens is 2. The molecule has 0 N–H and O–H groups in total. The monoisotopic (exact) mass is 344 g/mol. The van der Waals surface area contributed by atoms with E-state index in [0.717, 1.165) is 47.7 Å². The molecule has 116 valence electrons. The number of fused-ring (bicyclic) bond motifs is 1. The molecule has 0 atom stereocenters. The van der Waals surface area contributed by atoms with Gasteiger partial charge in [-0.2, -0.15) is 11.8 Å². The number of aryl methyl sites for hydroxylation is 1. The molecular weight excluding hydrogens is 323 g/mol. The Balaban J connectivity index is 2.52. The highest BCUT2D eigenvalue weighted by atomic mass is 35.5. The lowest BCUT2D eigenvalue weighted by atomic mass is 10.0. The average molecular weight is 345 g/mol. The maximum Gasteiger partial charge on any atom is 0.111 e. The Bertz CT molecular complexity index is 597. The van der Waals surface area contributed by atoms with Gasteiger partial charge < -0.3 is 4.57 Å². The normalized spacial score (nSPS) is 12.2. The van der Waals surface area contributed by atoms with E-state index in [1.54, 1.807) is 0 Å². The van der Waals surface area contributed by atoms with Crippen LogP contribution in [0.3, 0.4) is 0 Å². The fraction of sp³-hybridized carbons (Fsp3) is 0.562. The lowest BCUT2D eigenvalue weighted by Crippen LogP contribution is -2.29. The van der Waals surface area contributed by atoms with Crippen LogP contribution in [0.1, 0.15) is 32.5 Å². The van der Waals surface area contributed by atoms with Crippen LogP contribution in [-0.4, -0.2) is 26.4 Å². The van der Waals surface area contributed by atoms with Gasteiger partial charge in [0.1, 0.15) is 5.82 Å². The Morgan fingerprint density at radius 1 is 1.29 bits per heavy atom. The maximum atomic E-state index is 6.09. The number of nitrogens with zero attached hydrogens (tertiary/aromatic N) is 2. The zero-order chi connectivity index (χ0) is 15.5. The van der Waals surface area contributed by atoms with Crippen LogP contribution >= 0.6 is 35.0 Å². The number of aromatic nitrogens is 2. The summed E-state index contributed by atoms with van der Waals surface area (Å²) in [5, 5.41) is 0.728. The zero-order valence-corrected chi connectivity index (χ0v) is 15.2. The average Bonchev–Trinajstić information content (AvgIpc) is 2.82. The van der Waals surface area contributed by atoms with Crippen molar-refractivity contribution in [3.63, 3.8) is 0 Å². The van der Waals surface area contributed by atoms with Crippen molar-refractivity contribution < 1.29 is 0 Å². The molecule has 2 rings (SSSR count). The topological polar surface area (TPSA) is 17.8 Å². The number of hydrogen-bond acceptors (Lipinski definition) is 2. The Morgan fingerprint density at radius 3 is 2.57 bits per heavy atom. The summed E-state index contributed by atoms with van der Waals surface area (Å²) in [4.78, 5) is 4.74. The Kier molecular flexibility index (Phi) is 5.87. The van der Waals surface area contributed by atoms with Crippen LogP contribution in [0.25, 0.3) is 11.0 Å². The lowest BCUT2D eigenvalue weighted by molar-refractivity contribution is 0.464. The van der Waals surface area contributed by atoms with E-state index in [4.69, 9.17) is 28.2 Å². The molecule has 0 aliphatic carbocycles. The van der Waals surface area contributed by atoms with Crippen molar-refractivity contribution in [1.29, 1.82) is 0 Å². The minimum absolute atomic E-state index is 0.244. The van der Waals surface area contributed by atoms with E-state index >= 15 is 0 Å². The molecule has 2 aromatic rings. The molecule has 2 nitrogen and oxygen atoms in total. The van der Waals surface area contributed by atoms with Gasteiger partial charge in [-0.05, 0) is 37.3 Å². The van der Waals surface area contributed by atoms with Crippen LogP contribution < -0.4 is 0 Å². The molecule has 1 heterocycles. The second-order valence-corrected chi connectivity index (χ2v) is 7.37. The summed E-state index contributed by atoms with van der Waals surface area (Å²) in [5.41, 5.74) is 2.12. The highest BCUT2D eigenvalue weighted by molar-refractivity contribution is 8.00. The number of thioether (sulfide) groups is 1. The molecule has 0 amide bonds. The first-order valence-electron chi connectivity index (χ1n) is 7.35. The summed E-state index contributed by atoms with van der Waals surface area (Å²) < 4.78 is 2.58. The van der Waals surface area contributed by atoms with E-state index in [9.17, 15) is 0 Å². The first-order chi connectivity index (χ1) is 10.1. The van der Waals surface area contributed by atoms with Crippen LogP contribution in [0.15, 0.2) is 18.2 Å². The molecule has 0 radical (unpaired) electrons. The van der Waals surface area contributed by atoms with E-state index in [-0.39, 0.29) is 4.75 Å². The summed E-state index contributed by atoms with van der Waals surface area (Å²) in [6.45, 7) is 5.49. The predicted octanol–water partition coefficient (Wildman–Crippen LogP) is 5.39. The third kappa shape index (κ3) is 3.52. The second-order valence-electron chi connectivity index (χ2n) is 5.28. The van der Waals surface area contributed by atoms with Crippen molar-refractivity contribution >= 4 is 46.0 Å². The minimum Gasteiger partial charge on any atom is -0.327 e. The van der Waals surface area contributed by atoms with E-state index in [1.165, 1.54) is 0 Å². The fourth-order valence-corrected chi connectivity index (χ4v) is 3.89. The molecular formula is C16H22Cl2N2S. The molecule has 0 fully saturated rings. The van der Waals surface area contributed by atoms with Crippen LogP contribution in [-0.2, 0) is 13.0 Å². The van der Waals surface area contributed by atoms with E-state index in [2.05, 4.69) is 30.7 Å². The largest absolute Gasteiger partial charge is 0.327 e. The Labute approximate surface area is 141 Å². The van der Waals surface area contributed by atoms with Crippen molar-refractivity contribution in [3.8, 4) is 0 Å². The number of rotatable bonds is 7. The SMILES string of the molecule is CCC(CC)(Cn1c(CCCl)nc2cc(Cl)ccc21)SC. The maximum absolute atomic E-state index is 6.09. The highest BCUT2D eigenvalue weighted by Gasteiger charge is 2.27. The van der Waals surface area contributed by atoms with Gasteiger partial charge in [-0.1, -0.05) is 25.4 Å². The number of alkyl halides is 1. The van der Waals surface area contributed by atoms with Crippen LogP contribution in [0.4, 0.5) is 0 Å². The van der Waals surface area contributed by atoms with Crippen LogP contribution in [0.5, 0.6) is 0 Å². The van der Waals surface area contributed by atoms with Crippen molar-refractivity contribution in [3.05, 3.63) is 29.0 Å². The molecule has 0 unspecified atom stereocenters. The zero-order valence-electron chi connectivity index (χ0n) is 12.8. The third-order valence-electron chi connectivity index (χ3n) is 4.28. The predicted molar refractivity (Wildman–Crippen MR) is 96.0 cm³/mol. The molecule has 0 bridgehead atoms. The highest BCUT2D eigenvalue weighted by Crippen LogP contribution is 2.34. The molecule has 0 saturated heterocycles. The van der Waals surface area contributed by atoms with Gasteiger partial charge in [0, 0.05) is 28.6 Å². The fourth-order valence-electron chi connectivity index (χ4n) is 2.72. The van der Waals surface area contributed by atoms with Crippen molar-refractivity contribution in [1.82, 2.24) is 9.55 Å². The summed E-state index contributed by atoms with van der Waals surface area (Å²) >= 11 is 14.0. The first-order valence-corrected chi connectivity index (χ1v) is 9.48. The Morgan fingerprint density at radius 2 is 2.00 bits per heavy atom. The standard InChI is InChI=1S/C16H22Cl2N2S/c1-4-16(5-2,21-3)11-20-14-7-6-12(18)10-13(14)19-15(20)8-9-17/h6-7,10H,4-5,8-9,11H2,1-3H3. The van der Waals surface area contributed by atoms with Gasteiger partial charge in [0.05, 0.1) is 11.0 Å². The number of hydrogen-bond donors (Lipinski definition) is 0. The smallest absolute Gasteiger partial charge is 0.111 e. The van der Waals surface area contributed by atoms with E-state index in [0.29, 0.717) is 5.88 Å². The first kappa shape index (κ1) is 17.0. The lowest BCUT2D eigenvalue weighted by Gasteiger charge is -2.31. The second kappa shape index (κ2) is 7.26. The van der Waals surface area contributed by atoms with E-state index < -0.39 is 0 Å². The van der Waals surface area contributed by atoms with Gasteiger partial charge in [-0.25, -0.2) is 4.98 Å². The van der Waals surface area contributed by atoms with Crippen molar-refractivity contribution in [2.24, 2.45) is 0 Å². The minimum atomic E-state index is 0.244. The van der Waals surface area contributed by atoms with Crippen molar-refractivity contribution in [2.75, 3.05) is 12.1 Å². The van der Waals surface area contributed by atoms with Gasteiger partial charge >= 0.3 is 0 Å². The van der Waals surface area contributed by atoms with Gasteiger partial charge in [0.15, 0.2) is 0 Å². The quantitative estimate of drug-likeness (QED) is 0.626. The van der Waals surface area contributed by atoms with Gasteiger partial charge in [-0.15, -0.1) is 11.6 Å². The molecule has 21 heavy (non-hydrogen) atoms. The van der Waals surface area contributed by atoms with Gasteiger partial charge in [0.2, 0.25) is 0 Å². The van der Waals surface area contributed by atoms with Crippen LogP contribution in [0, 0.1) is 0 Å². The Hall–Kier alpha value is -0.380. The summed E-state index contributed by atoms with van der Waals surface area (Å²) in [7, 11) is 0. The third-order valence-corrected chi connectivity index (χ3v) is 6.27.